The summed E-state index contributed by atoms with van der Waals surface area (Å²) in [5.41, 5.74) is 6.59. The normalized spacial score (nSPS) is 11.3. The Bertz CT molecular complexity index is 723. The lowest BCUT2D eigenvalue weighted by Crippen LogP contribution is -2.30. The van der Waals surface area contributed by atoms with Crippen molar-refractivity contribution in [1.82, 2.24) is 0 Å². The second-order valence-electron chi connectivity index (χ2n) is 4.62. The number of hydrogen-bond donors (Lipinski definition) is 2. The Hall–Kier alpha value is -3.07. The van der Waals surface area contributed by atoms with Crippen molar-refractivity contribution in [2.45, 2.75) is 13.0 Å². The molecule has 112 valence electrons. The van der Waals surface area contributed by atoms with Crippen LogP contribution in [-0.2, 0) is 4.79 Å². The van der Waals surface area contributed by atoms with Crippen LogP contribution in [0.25, 0.3) is 0 Å². The van der Waals surface area contributed by atoms with Crippen LogP contribution in [-0.4, -0.2) is 12.0 Å². The topological polar surface area (TPSA) is 88.1 Å². The molecule has 0 spiro atoms. The summed E-state index contributed by atoms with van der Waals surface area (Å²) in [6.07, 6.45) is -0.780. The number of halogens is 1. The van der Waals surface area contributed by atoms with Crippen LogP contribution in [0.5, 0.6) is 5.75 Å². The third-order valence-electron chi connectivity index (χ3n) is 2.94. The molecular weight excluding hydrogens is 285 g/mol. The van der Waals surface area contributed by atoms with Gasteiger partial charge in [0.2, 0.25) is 0 Å². The van der Waals surface area contributed by atoms with E-state index in [4.69, 9.17) is 15.7 Å². The molecule has 0 bridgehead atoms. The molecule has 0 aromatic heterocycles. The Morgan fingerprint density at radius 1 is 1.32 bits per heavy atom. The summed E-state index contributed by atoms with van der Waals surface area (Å²) < 4.78 is 18.4. The molecule has 0 saturated carbocycles. The number of carbonyl (C=O) groups excluding carboxylic acids is 1. The van der Waals surface area contributed by atoms with E-state index in [0.717, 1.165) is 6.07 Å². The van der Waals surface area contributed by atoms with E-state index in [-0.39, 0.29) is 5.69 Å². The smallest absolute Gasteiger partial charge is 0.265 e. The fourth-order valence-corrected chi connectivity index (χ4v) is 1.75. The van der Waals surface area contributed by atoms with Gasteiger partial charge in [0.1, 0.15) is 11.6 Å². The molecule has 0 saturated heterocycles. The first-order valence-corrected chi connectivity index (χ1v) is 6.52. The molecule has 2 aromatic carbocycles. The molecule has 3 N–H and O–H groups in total. The van der Waals surface area contributed by atoms with Gasteiger partial charge in [-0.3, -0.25) is 4.79 Å². The zero-order valence-corrected chi connectivity index (χ0v) is 11.8. The first kappa shape index (κ1) is 15.3. The van der Waals surface area contributed by atoms with Crippen LogP contribution in [0.2, 0.25) is 0 Å². The van der Waals surface area contributed by atoms with Crippen molar-refractivity contribution >= 4 is 17.3 Å². The summed E-state index contributed by atoms with van der Waals surface area (Å²) in [6.45, 7) is 1.58. The van der Waals surface area contributed by atoms with Crippen molar-refractivity contribution in [3.63, 3.8) is 0 Å². The Morgan fingerprint density at radius 3 is 2.59 bits per heavy atom. The van der Waals surface area contributed by atoms with Crippen molar-refractivity contribution in [2.24, 2.45) is 0 Å². The van der Waals surface area contributed by atoms with Crippen molar-refractivity contribution < 1.29 is 13.9 Å². The minimum Gasteiger partial charge on any atom is -0.481 e. The van der Waals surface area contributed by atoms with Gasteiger partial charge in [-0.1, -0.05) is 0 Å². The van der Waals surface area contributed by atoms with Gasteiger partial charge < -0.3 is 15.8 Å². The lowest BCUT2D eigenvalue weighted by molar-refractivity contribution is -0.122. The average molecular weight is 299 g/mol. The average Bonchev–Trinajstić information content (AvgIpc) is 2.50. The van der Waals surface area contributed by atoms with E-state index in [1.165, 1.54) is 12.1 Å². The highest BCUT2D eigenvalue weighted by Gasteiger charge is 2.16. The van der Waals surface area contributed by atoms with Gasteiger partial charge in [0.15, 0.2) is 6.10 Å². The SMILES string of the molecule is CC(Oc1ccc(C#N)cc1)C(=O)Nc1ccc(F)cc1N. The number of nitrogens with one attached hydrogen (secondary N) is 1. The van der Waals surface area contributed by atoms with Crippen molar-refractivity contribution in [3.8, 4) is 11.8 Å². The number of carbonyl (C=O) groups is 1. The molecule has 5 nitrogen and oxygen atoms in total. The standard InChI is InChI=1S/C16H14FN3O2/c1-10(22-13-5-2-11(9-18)3-6-13)16(21)20-15-7-4-12(17)8-14(15)19/h2-8,10H,19H2,1H3,(H,20,21). The molecule has 0 heterocycles. The van der Waals surface area contributed by atoms with E-state index in [2.05, 4.69) is 5.32 Å². The Morgan fingerprint density at radius 2 is 2.00 bits per heavy atom. The van der Waals surface area contributed by atoms with Crippen LogP contribution in [0.4, 0.5) is 15.8 Å². The maximum absolute atomic E-state index is 13.0. The minimum absolute atomic E-state index is 0.138. The van der Waals surface area contributed by atoms with Crippen LogP contribution in [0, 0.1) is 17.1 Å². The molecular formula is C16H14FN3O2. The highest BCUT2D eigenvalue weighted by Crippen LogP contribution is 2.20. The maximum Gasteiger partial charge on any atom is 0.265 e. The number of benzene rings is 2. The van der Waals surface area contributed by atoms with E-state index in [1.54, 1.807) is 31.2 Å². The summed E-state index contributed by atoms with van der Waals surface area (Å²) >= 11 is 0. The van der Waals surface area contributed by atoms with Gasteiger partial charge in [0, 0.05) is 0 Å². The number of amides is 1. The number of nitrogen functional groups attached to an aromatic ring is 1. The Labute approximate surface area is 127 Å². The van der Waals surface area contributed by atoms with Gasteiger partial charge in [-0.05, 0) is 49.4 Å². The molecule has 6 heteroatoms. The molecule has 22 heavy (non-hydrogen) atoms. The number of nitriles is 1. The molecule has 0 radical (unpaired) electrons. The van der Waals surface area contributed by atoms with Gasteiger partial charge in [0.25, 0.3) is 5.91 Å². The quantitative estimate of drug-likeness (QED) is 0.850. The Kier molecular flexibility index (Phi) is 4.59. The van der Waals surface area contributed by atoms with Crippen molar-refractivity contribution in [3.05, 3.63) is 53.8 Å². The Balaban J connectivity index is 2.01. The molecule has 0 aliphatic carbocycles. The largest absolute Gasteiger partial charge is 0.481 e. The van der Waals surface area contributed by atoms with Crippen LogP contribution in [0.3, 0.4) is 0 Å². The first-order valence-electron chi connectivity index (χ1n) is 6.52. The van der Waals surface area contributed by atoms with E-state index in [0.29, 0.717) is 17.0 Å². The highest BCUT2D eigenvalue weighted by atomic mass is 19.1. The molecule has 1 atom stereocenters. The monoisotopic (exact) mass is 299 g/mol. The summed E-state index contributed by atoms with van der Waals surface area (Å²) in [5.74, 6) is -0.422. The van der Waals surface area contributed by atoms with E-state index in [9.17, 15) is 9.18 Å². The summed E-state index contributed by atoms with van der Waals surface area (Å²) in [5, 5.41) is 11.3. The fraction of sp³-hybridized carbons (Fsp3) is 0.125. The molecule has 0 aliphatic rings. The van der Waals surface area contributed by atoms with Crippen LogP contribution >= 0.6 is 0 Å². The van der Waals surface area contributed by atoms with Crippen LogP contribution in [0.1, 0.15) is 12.5 Å². The molecule has 1 unspecified atom stereocenters. The second kappa shape index (κ2) is 6.59. The number of nitrogens with two attached hydrogens (primary N) is 1. The zero-order valence-electron chi connectivity index (χ0n) is 11.8. The highest BCUT2D eigenvalue weighted by molar-refractivity contribution is 5.96. The van der Waals surface area contributed by atoms with Gasteiger partial charge in [-0.25, -0.2) is 4.39 Å². The predicted molar refractivity (Wildman–Crippen MR) is 80.7 cm³/mol. The molecule has 0 aliphatic heterocycles. The lowest BCUT2D eigenvalue weighted by Gasteiger charge is -2.15. The molecule has 0 fully saturated rings. The minimum atomic E-state index is -0.780. The van der Waals surface area contributed by atoms with Gasteiger partial charge >= 0.3 is 0 Å². The number of anilines is 2. The second-order valence-corrected chi connectivity index (χ2v) is 4.62. The van der Waals surface area contributed by atoms with Crippen LogP contribution in [0.15, 0.2) is 42.5 Å². The first-order chi connectivity index (χ1) is 10.5. The third kappa shape index (κ3) is 3.73. The number of rotatable bonds is 4. The zero-order chi connectivity index (χ0) is 16.1. The van der Waals surface area contributed by atoms with Gasteiger partial charge in [0.05, 0.1) is 23.0 Å². The number of ether oxygens (including phenoxy) is 1. The van der Waals surface area contributed by atoms with E-state index < -0.39 is 17.8 Å². The van der Waals surface area contributed by atoms with E-state index >= 15 is 0 Å². The fourth-order valence-electron chi connectivity index (χ4n) is 1.75. The van der Waals surface area contributed by atoms with Gasteiger partial charge in [-0.15, -0.1) is 0 Å². The molecule has 2 aromatic rings. The number of nitrogens with zero attached hydrogens (tertiary/aromatic N) is 1. The van der Waals surface area contributed by atoms with Crippen molar-refractivity contribution in [1.29, 1.82) is 5.26 Å². The van der Waals surface area contributed by atoms with Crippen LogP contribution < -0.4 is 15.8 Å². The lowest BCUT2D eigenvalue weighted by atomic mass is 10.2. The summed E-state index contributed by atoms with van der Waals surface area (Å²) in [4.78, 5) is 12.0. The summed E-state index contributed by atoms with van der Waals surface area (Å²) in [7, 11) is 0. The molecule has 2 rings (SSSR count). The number of hydrogen-bond acceptors (Lipinski definition) is 4. The maximum atomic E-state index is 13.0. The summed E-state index contributed by atoms with van der Waals surface area (Å²) in [6, 6.07) is 12.1. The van der Waals surface area contributed by atoms with E-state index in [1.807, 2.05) is 6.07 Å². The molecule has 1 amide bonds. The van der Waals surface area contributed by atoms with Crippen molar-refractivity contribution in [2.75, 3.05) is 11.1 Å². The third-order valence-corrected chi connectivity index (χ3v) is 2.94. The van der Waals surface area contributed by atoms with Gasteiger partial charge in [-0.2, -0.15) is 5.26 Å². The predicted octanol–water partition coefficient (Wildman–Crippen LogP) is 2.69.